The molecule has 0 aliphatic rings. The Morgan fingerprint density at radius 3 is 2.77 bits per heavy atom. The molecular weight excluding hydrogens is 287 g/mol. The molecule has 1 N–H and O–H groups in total. The van der Waals surface area contributed by atoms with Gasteiger partial charge in [-0.2, -0.15) is 0 Å². The second kappa shape index (κ2) is 7.60. The molecule has 0 aliphatic carbocycles. The second-order valence-electron chi connectivity index (χ2n) is 5.00. The number of hydrogen-bond donors (Lipinski definition) is 1. The molecule has 0 fully saturated rings. The highest BCUT2D eigenvalue weighted by molar-refractivity contribution is 5.77. The molecule has 0 atom stereocenters. The van der Waals surface area contributed by atoms with Crippen molar-refractivity contribution >= 4 is 5.91 Å². The second-order valence-corrected chi connectivity index (χ2v) is 5.00. The van der Waals surface area contributed by atoms with E-state index in [1.165, 1.54) is 16.9 Å². The van der Waals surface area contributed by atoms with Gasteiger partial charge in [0.25, 0.3) is 0 Å². The van der Waals surface area contributed by atoms with Gasteiger partial charge in [-0.3, -0.25) is 9.69 Å². The van der Waals surface area contributed by atoms with Crippen molar-refractivity contribution in [3.8, 4) is 11.4 Å². The van der Waals surface area contributed by atoms with E-state index in [4.69, 9.17) is 0 Å². The number of halogens is 1. The van der Waals surface area contributed by atoms with E-state index in [1.54, 1.807) is 24.1 Å². The fourth-order valence-corrected chi connectivity index (χ4v) is 1.85. The maximum absolute atomic E-state index is 12.9. The first-order valence-corrected chi connectivity index (χ1v) is 7.07. The van der Waals surface area contributed by atoms with Crippen LogP contribution in [0.4, 0.5) is 4.39 Å². The number of rotatable bonds is 7. The monoisotopic (exact) mass is 306 g/mol. The molecule has 2 rings (SSSR count). The van der Waals surface area contributed by atoms with Crippen molar-refractivity contribution in [3.05, 3.63) is 30.1 Å². The molecular formula is C14H19FN6O. The van der Waals surface area contributed by atoms with Gasteiger partial charge in [0.2, 0.25) is 11.7 Å². The van der Waals surface area contributed by atoms with Gasteiger partial charge in [0, 0.05) is 12.1 Å². The Morgan fingerprint density at radius 1 is 1.36 bits per heavy atom. The van der Waals surface area contributed by atoms with Gasteiger partial charge in [0.05, 0.1) is 6.54 Å². The van der Waals surface area contributed by atoms with Gasteiger partial charge in [-0.25, -0.2) is 4.39 Å². The molecule has 2 aromatic rings. The molecule has 0 saturated heterocycles. The Kier molecular flexibility index (Phi) is 5.54. The zero-order valence-corrected chi connectivity index (χ0v) is 12.7. The number of amides is 1. The Labute approximate surface area is 128 Å². The van der Waals surface area contributed by atoms with Crippen LogP contribution in [0.2, 0.25) is 0 Å². The molecule has 0 saturated carbocycles. The van der Waals surface area contributed by atoms with E-state index < -0.39 is 0 Å². The Balaban J connectivity index is 1.91. The van der Waals surface area contributed by atoms with Crippen molar-refractivity contribution in [3.63, 3.8) is 0 Å². The van der Waals surface area contributed by atoms with E-state index in [0.29, 0.717) is 24.6 Å². The molecule has 7 nitrogen and oxygen atoms in total. The SMILES string of the molecule is CCCNC(=O)CN(C)Cn1nnc(-c2ccc(F)cc2)n1. The topological polar surface area (TPSA) is 75.9 Å². The van der Waals surface area contributed by atoms with Gasteiger partial charge >= 0.3 is 0 Å². The molecule has 0 unspecified atom stereocenters. The lowest BCUT2D eigenvalue weighted by atomic mass is 10.2. The maximum Gasteiger partial charge on any atom is 0.234 e. The van der Waals surface area contributed by atoms with Crippen molar-refractivity contribution in [2.75, 3.05) is 20.1 Å². The fourth-order valence-electron chi connectivity index (χ4n) is 1.85. The van der Waals surface area contributed by atoms with Crippen molar-refractivity contribution < 1.29 is 9.18 Å². The Hall–Kier alpha value is -2.35. The minimum absolute atomic E-state index is 0.0387. The number of tetrazole rings is 1. The lowest BCUT2D eigenvalue weighted by molar-refractivity contribution is -0.122. The summed E-state index contributed by atoms with van der Waals surface area (Å²) < 4.78 is 12.9. The van der Waals surface area contributed by atoms with E-state index in [0.717, 1.165) is 6.42 Å². The van der Waals surface area contributed by atoms with Crippen LogP contribution in [0, 0.1) is 5.82 Å². The van der Waals surface area contributed by atoms with Crippen molar-refractivity contribution in [1.29, 1.82) is 0 Å². The summed E-state index contributed by atoms with van der Waals surface area (Å²) in [4.78, 5) is 14.8. The number of carbonyl (C=O) groups is 1. The highest BCUT2D eigenvalue weighted by atomic mass is 19.1. The van der Waals surface area contributed by atoms with Crippen LogP contribution in [0.3, 0.4) is 0 Å². The number of nitrogens with one attached hydrogen (secondary N) is 1. The highest BCUT2D eigenvalue weighted by Gasteiger charge is 2.10. The predicted molar refractivity (Wildman–Crippen MR) is 79.1 cm³/mol. The molecule has 1 aromatic heterocycles. The molecule has 0 spiro atoms. The molecule has 0 bridgehead atoms. The average Bonchev–Trinajstić information content (AvgIpc) is 2.94. The van der Waals surface area contributed by atoms with Crippen LogP contribution < -0.4 is 5.32 Å². The van der Waals surface area contributed by atoms with Crippen molar-refractivity contribution in [1.82, 2.24) is 30.4 Å². The van der Waals surface area contributed by atoms with Crippen molar-refractivity contribution in [2.45, 2.75) is 20.0 Å². The largest absolute Gasteiger partial charge is 0.355 e. The maximum atomic E-state index is 12.9. The number of benzene rings is 1. The first-order valence-electron chi connectivity index (χ1n) is 7.07. The van der Waals surface area contributed by atoms with Crippen LogP contribution in [-0.2, 0) is 11.5 Å². The zero-order valence-electron chi connectivity index (χ0n) is 12.7. The summed E-state index contributed by atoms with van der Waals surface area (Å²) in [6.07, 6.45) is 0.904. The first kappa shape index (κ1) is 16.0. The van der Waals surface area contributed by atoms with Crippen LogP contribution >= 0.6 is 0 Å². The third-order valence-corrected chi connectivity index (χ3v) is 2.91. The Morgan fingerprint density at radius 2 is 2.09 bits per heavy atom. The third-order valence-electron chi connectivity index (χ3n) is 2.91. The van der Waals surface area contributed by atoms with Crippen LogP contribution in [0.5, 0.6) is 0 Å². The van der Waals surface area contributed by atoms with Crippen molar-refractivity contribution in [2.24, 2.45) is 0 Å². The van der Waals surface area contributed by atoms with Crippen LogP contribution in [0.15, 0.2) is 24.3 Å². The molecule has 118 valence electrons. The number of likely N-dealkylation sites (N-methyl/N-ethyl adjacent to an activating group) is 1. The van der Waals surface area contributed by atoms with Crippen LogP contribution in [0.25, 0.3) is 11.4 Å². The van der Waals surface area contributed by atoms with Crippen LogP contribution in [-0.4, -0.2) is 51.2 Å². The number of nitrogens with zero attached hydrogens (tertiary/aromatic N) is 5. The third kappa shape index (κ3) is 4.59. The molecule has 8 heteroatoms. The summed E-state index contributed by atoms with van der Waals surface area (Å²) in [5.41, 5.74) is 0.691. The molecule has 1 aromatic carbocycles. The highest BCUT2D eigenvalue weighted by Crippen LogP contribution is 2.13. The number of hydrogen-bond acceptors (Lipinski definition) is 5. The van der Waals surface area contributed by atoms with E-state index in [2.05, 4.69) is 20.7 Å². The summed E-state index contributed by atoms with van der Waals surface area (Å²) in [7, 11) is 1.80. The number of aromatic nitrogens is 4. The van der Waals surface area contributed by atoms with Gasteiger partial charge < -0.3 is 5.32 Å². The quantitative estimate of drug-likeness (QED) is 0.822. The molecule has 22 heavy (non-hydrogen) atoms. The standard InChI is InChI=1S/C14H19FN6O/c1-3-8-16-13(22)9-20(2)10-21-18-14(17-19-21)11-4-6-12(15)7-5-11/h4-7H,3,8-10H2,1-2H3,(H,16,22). The predicted octanol–water partition coefficient (Wildman–Crippen LogP) is 0.895. The Bertz CT molecular complexity index is 612. The average molecular weight is 306 g/mol. The van der Waals surface area contributed by atoms with E-state index in [-0.39, 0.29) is 18.3 Å². The van der Waals surface area contributed by atoms with Gasteiger partial charge in [-0.15, -0.1) is 15.0 Å². The smallest absolute Gasteiger partial charge is 0.234 e. The van der Waals surface area contributed by atoms with E-state index in [9.17, 15) is 9.18 Å². The molecule has 0 radical (unpaired) electrons. The van der Waals surface area contributed by atoms with Gasteiger partial charge in [-0.1, -0.05) is 6.92 Å². The summed E-state index contributed by atoms with van der Waals surface area (Å²) >= 11 is 0. The summed E-state index contributed by atoms with van der Waals surface area (Å²) in [5, 5.41) is 14.9. The minimum Gasteiger partial charge on any atom is -0.355 e. The van der Waals surface area contributed by atoms with Gasteiger partial charge in [0.1, 0.15) is 12.5 Å². The summed E-state index contributed by atoms with van der Waals surface area (Å²) in [5.74, 6) is 0.0704. The molecule has 1 amide bonds. The first-order chi connectivity index (χ1) is 10.6. The van der Waals surface area contributed by atoms with Gasteiger partial charge in [-0.05, 0) is 42.9 Å². The normalized spacial score (nSPS) is 10.9. The zero-order chi connectivity index (χ0) is 15.9. The minimum atomic E-state index is -0.311. The summed E-state index contributed by atoms with van der Waals surface area (Å²) in [6, 6.07) is 5.89. The lowest BCUT2D eigenvalue weighted by Gasteiger charge is -2.14. The van der Waals surface area contributed by atoms with Gasteiger partial charge in [0.15, 0.2) is 0 Å². The van der Waals surface area contributed by atoms with E-state index >= 15 is 0 Å². The molecule has 0 aliphatic heterocycles. The van der Waals surface area contributed by atoms with Crippen LogP contribution in [0.1, 0.15) is 13.3 Å². The van der Waals surface area contributed by atoms with E-state index in [1.807, 2.05) is 6.92 Å². The number of carbonyl (C=O) groups excluding carboxylic acids is 1. The molecule has 1 heterocycles. The fraction of sp³-hybridized carbons (Fsp3) is 0.429. The summed E-state index contributed by atoms with van der Waals surface area (Å²) in [6.45, 7) is 3.27. The lowest BCUT2D eigenvalue weighted by Crippen LogP contribution is -2.36.